The van der Waals surface area contributed by atoms with Crippen molar-refractivity contribution in [2.45, 2.75) is 38.1 Å². The van der Waals surface area contributed by atoms with Gasteiger partial charge < -0.3 is 14.5 Å². The van der Waals surface area contributed by atoms with Crippen molar-refractivity contribution >= 4 is 11.0 Å². The van der Waals surface area contributed by atoms with Crippen LogP contribution >= 0.6 is 0 Å². The molecule has 2 N–H and O–H groups in total. The number of H-pyrrole nitrogens is 2. The summed E-state index contributed by atoms with van der Waals surface area (Å²) in [4.78, 5) is 20.3. The van der Waals surface area contributed by atoms with Crippen LogP contribution in [0.5, 0.6) is 0 Å². The Kier molecular flexibility index (Phi) is 3.81. The molecule has 0 radical (unpaired) electrons. The van der Waals surface area contributed by atoms with Crippen molar-refractivity contribution in [3.63, 3.8) is 0 Å². The molecule has 1 aliphatic rings. The number of hydrogen-bond acceptors (Lipinski definition) is 3. The first-order chi connectivity index (χ1) is 12.9. The quantitative estimate of drug-likeness (QED) is 0.583. The van der Waals surface area contributed by atoms with Crippen LogP contribution in [0.1, 0.15) is 37.4 Å². The number of para-hydroxylation sites is 2. The van der Waals surface area contributed by atoms with Gasteiger partial charge in [-0.2, -0.15) is 0 Å². The van der Waals surface area contributed by atoms with E-state index in [2.05, 4.69) is 48.9 Å². The Balaban J connectivity index is 1.26. The van der Waals surface area contributed by atoms with E-state index in [-0.39, 0.29) is 0 Å². The van der Waals surface area contributed by atoms with E-state index in [4.69, 9.17) is 4.98 Å². The third kappa shape index (κ3) is 2.81. The Hall–Kier alpha value is -2.89. The predicted molar refractivity (Wildman–Crippen MR) is 101 cm³/mol. The molecule has 0 unspecified atom stereocenters. The minimum absolute atomic E-state index is 0.547. The van der Waals surface area contributed by atoms with Gasteiger partial charge in [0.1, 0.15) is 5.82 Å². The summed E-state index contributed by atoms with van der Waals surface area (Å²) in [5.74, 6) is 4.15. The van der Waals surface area contributed by atoms with Crippen LogP contribution in [0.3, 0.4) is 0 Å². The summed E-state index contributed by atoms with van der Waals surface area (Å²) < 4.78 is 2.23. The lowest BCUT2D eigenvalue weighted by Crippen LogP contribution is -2.19. The van der Waals surface area contributed by atoms with Crippen molar-refractivity contribution in [2.75, 3.05) is 0 Å². The van der Waals surface area contributed by atoms with Gasteiger partial charge in [0.05, 0.1) is 11.0 Å². The van der Waals surface area contributed by atoms with Gasteiger partial charge in [-0.15, -0.1) is 0 Å². The molecule has 0 amide bonds. The molecule has 0 spiro atoms. The second-order valence-corrected chi connectivity index (χ2v) is 7.20. The predicted octanol–water partition coefficient (Wildman–Crippen LogP) is 4.12. The van der Waals surface area contributed by atoms with Crippen LogP contribution in [-0.4, -0.2) is 29.5 Å². The molecular weight excluding hydrogens is 324 g/mol. The highest BCUT2D eigenvalue weighted by atomic mass is 15.1. The monoisotopic (exact) mass is 346 g/mol. The van der Waals surface area contributed by atoms with Crippen LogP contribution in [0.25, 0.3) is 22.7 Å². The van der Waals surface area contributed by atoms with Crippen LogP contribution < -0.4 is 0 Å². The minimum atomic E-state index is 0.547. The maximum absolute atomic E-state index is 4.80. The van der Waals surface area contributed by atoms with E-state index >= 15 is 0 Å². The van der Waals surface area contributed by atoms with Crippen molar-refractivity contribution in [1.29, 1.82) is 0 Å². The molecule has 4 aromatic rings. The average molecular weight is 346 g/mol. The third-order valence-corrected chi connectivity index (χ3v) is 5.52. The Morgan fingerprint density at radius 3 is 2.73 bits per heavy atom. The standard InChI is InChI=1S/C20H22N6/c1-2-4-17-16(3-1)24-18(25-17)15-7-5-14(6-8-15)13-26-12-11-23-20(26)19-21-9-10-22-19/h1-4,9-12,14-15H,5-8,13H2,(H,21,22)(H,24,25). The van der Waals surface area contributed by atoms with Gasteiger partial charge >= 0.3 is 0 Å². The number of nitrogens with one attached hydrogen (secondary N) is 2. The van der Waals surface area contributed by atoms with Gasteiger partial charge in [-0.05, 0) is 43.7 Å². The highest BCUT2D eigenvalue weighted by Gasteiger charge is 2.25. The van der Waals surface area contributed by atoms with Crippen molar-refractivity contribution in [1.82, 2.24) is 29.5 Å². The fourth-order valence-corrected chi connectivity index (χ4v) is 4.12. The van der Waals surface area contributed by atoms with Gasteiger partial charge in [0.25, 0.3) is 0 Å². The molecule has 1 aromatic carbocycles. The second-order valence-electron chi connectivity index (χ2n) is 7.20. The van der Waals surface area contributed by atoms with Gasteiger partial charge in [-0.3, -0.25) is 0 Å². The van der Waals surface area contributed by atoms with Crippen LogP contribution in [0, 0.1) is 5.92 Å². The highest BCUT2D eigenvalue weighted by molar-refractivity contribution is 5.74. The molecule has 3 heterocycles. The number of hydrogen-bond donors (Lipinski definition) is 2. The lowest BCUT2D eigenvalue weighted by molar-refractivity contribution is 0.290. The van der Waals surface area contributed by atoms with Gasteiger partial charge in [0.15, 0.2) is 11.6 Å². The van der Waals surface area contributed by atoms with Crippen LogP contribution in [0.4, 0.5) is 0 Å². The summed E-state index contributed by atoms with van der Waals surface area (Å²) in [5.41, 5.74) is 2.22. The van der Waals surface area contributed by atoms with Crippen LogP contribution in [0.15, 0.2) is 49.1 Å². The fourth-order valence-electron chi connectivity index (χ4n) is 4.12. The largest absolute Gasteiger partial charge is 0.342 e. The lowest BCUT2D eigenvalue weighted by Gasteiger charge is -2.27. The molecule has 6 heteroatoms. The molecule has 0 aliphatic heterocycles. The number of benzene rings is 1. The van der Waals surface area contributed by atoms with Gasteiger partial charge in [0.2, 0.25) is 0 Å². The van der Waals surface area contributed by atoms with Gasteiger partial charge in [-0.1, -0.05) is 12.1 Å². The van der Waals surface area contributed by atoms with E-state index in [1.165, 1.54) is 25.7 Å². The number of nitrogens with zero attached hydrogens (tertiary/aromatic N) is 4. The molecule has 0 bridgehead atoms. The molecule has 0 saturated heterocycles. The van der Waals surface area contributed by atoms with Crippen LogP contribution in [0.2, 0.25) is 0 Å². The number of imidazole rings is 3. The number of aromatic nitrogens is 6. The van der Waals surface area contributed by atoms with E-state index < -0.39 is 0 Å². The normalized spacial score (nSPS) is 20.6. The molecule has 1 aliphatic carbocycles. The molecular formula is C20H22N6. The van der Waals surface area contributed by atoms with E-state index in [9.17, 15) is 0 Å². The van der Waals surface area contributed by atoms with Crippen molar-refractivity contribution in [3.8, 4) is 11.6 Å². The van der Waals surface area contributed by atoms with E-state index in [0.717, 1.165) is 35.1 Å². The molecule has 26 heavy (non-hydrogen) atoms. The number of aromatic amines is 2. The minimum Gasteiger partial charge on any atom is -0.342 e. The fraction of sp³-hybridized carbons (Fsp3) is 0.350. The molecule has 6 nitrogen and oxygen atoms in total. The van der Waals surface area contributed by atoms with Crippen LogP contribution in [-0.2, 0) is 6.54 Å². The molecule has 3 aromatic heterocycles. The zero-order valence-corrected chi connectivity index (χ0v) is 14.6. The maximum atomic E-state index is 4.80. The average Bonchev–Trinajstić information content (AvgIpc) is 3.42. The first-order valence-electron chi connectivity index (χ1n) is 9.32. The summed E-state index contributed by atoms with van der Waals surface area (Å²) in [7, 11) is 0. The molecule has 0 atom stereocenters. The molecule has 5 rings (SSSR count). The molecule has 132 valence electrons. The second kappa shape index (κ2) is 6.44. The Labute approximate surface area is 151 Å². The zero-order chi connectivity index (χ0) is 17.3. The first kappa shape index (κ1) is 15.4. The maximum Gasteiger partial charge on any atom is 0.176 e. The topological polar surface area (TPSA) is 75.2 Å². The van der Waals surface area contributed by atoms with E-state index in [1.807, 2.05) is 18.5 Å². The smallest absolute Gasteiger partial charge is 0.176 e. The highest BCUT2D eigenvalue weighted by Crippen LogP contribution is 2.36. The Morgan fingerprint density at radius 1 is 1.04 bits per heavy atom. The summed E-state index contributed by atoms with van der Waals surface area (Å²) in [5, 5.41) is 0. The summed E-state index contributed by atoms with van der Waals surface area (Å²) in [6.07, 6.45) is 12.3. The van der Waals surface area contributed by atoms with Gasteiger partial charge in [-0.25, -0.2) is 15.0 Å². The summed E-state index contributed by atoms with van der Waals surface area (Å²) in [6.45, 7) is 1.00. The van der Waals surface area contributed by atoms with E-state index in [0.29, 0.717) is 11.8 Å². The number of rotatable bonds is 4. The van der Waals surface area contributed by atoms with Crippen molar-refractivity contribution < 1.29 is 0 Å². The van der Waals surface area contributed by atoms with Crippen molar-refractivity contribution in [2.24, 2.45) is 5.92 Å². The SMILES string of the molecule is c1ccc2[nH]c(C3CCC(Cn4ccnc4-c4ncc[nH]4)CC3)nc2c1. The number of fused-ring (bicyclic) bond motifs is 1. The summed E-state index contributed by atoms with van der Waals surface area (Å²) in [6, 6.07) is 8.29. The molecule has 1 saturated carbocycles. The Morgan fingerprint density at radius 2 is 1.92 bits per heavy atom. The van der Waals surface area contributed by atoms with E-state index in [1.54, 1.807) is 6.20 Å². The van der Waals surface area contributed by atoms with Gasteiger partial charge in [0, 0.05) is 37.3 Å². The summed E-state index contributed by atoms with van der Waals surface area (Å²) >= 11 is 0. The lowest BCUT2D eigenvalue weighted by atomic mass is 9.81. The molecule has 1 fully saturated rings. The zero-order valence-electron chi connectivity index (χ0n) is 14.6. The van der Waals surface area contributed by atoms with Crippen molar-refractivity contribution in [3.05, 3.63) is 54.9 Å². The first-order valence-corrected chi connectivity index (χ1v) is 9.32. The third-order valence-electron chi connectivity index (χ3n) is 5.52. The Bertz CT molecular complexity index is 955.